The third-order valence-electron chi connectivity index (χ3n) is 2.48. The van der Waals surface area contributed by atoms with Crippen LogP contribution >= 0.6 is 15.9 Å². The Balaban J connectivity index is 2.75. The Labute approximate surface area is 111 Å². The van der Waals surface area contributed by atoms with Gasteiger partial charge in [-0.2, -0.15) is 0 Å². The normalized spacial score (nSPS) is 12.7. The second-order valence-corrected chi connectivity index (χ2v) is 4.69. The summed E-state index contributed by atoms with van der Waals surface area (Å²) in [5.74, 6) is -0.234. The minimum Gasteiger partial charge on any atom is -0.380 e. The fraction of sp³-hybridized carbons (Fsp3) is 0.538. The first-order valence-electron chi connectivity index (χ1n) is 5.95. The fourth-order valence-electron chi connectivity index (χ4n) is 1.56. The Morgan fingerprint density at radius 3 is 2.76 bits per heavy atom. The summed E-state index contributed by atoms with van der Waals surface area (Å²) in [4.78, 5) is 0. The van der Waals surface area contributed by atoms with Gasteiger partial charge in [-0.15, -0.1) is 0 Å². The van der Waals surface area contributed by atoms with Crippen molar-refractivity contribution in [1.29, 1.82) is 0 Å². The van der Waals surface area contributed by atoms with E-state index in [1.54, 1.807) is 12.1 Å². The third kappa shape index (κ3) is 4.74. The van der Waals surface area contributed by atoms with Gasteiger partial charge < -0.3 is 10.1 Å². The molecule has 17 heavy (non-hydrogen) atoms. The van der Waals surface area contributed by atoms with Crippen LogP contribution in [0.5, 0.6) is 0 Å². The van der Waals surface area contributed by atoms with Crippen molar-refractivity contribution in [2.45, 2.75) is 26.3 Å². The van der Waals surface area contributed by atoms with Gasteiger partial charge in [0, 0.05) is 6.61 Å². The van der Waals surface area contributed by atoms with E-state index in [0.29, 0.717) is 17.7 Å². The molecule has 0 aliphatic carbocycles. The zero-order valence-electron chi connectivity index (χ0n) is 10.3. The number of halogens is 2. The number of rotatable bonds is 7. The largest absolute Gasteiger partial charge is 0.380 e. The van der Waals surface area contributed by atoms with Gasteiger partial charge in [0.25, 0.3) is 0 Å². The molecule has 0 aromatic heterocycles. The molecule has 96 valence electrons. The van der Waals surface area contributed by atoms with Crippen molar-refractivity contribution in [3.05, 3.63) is 34.1 Å². The van der Waals surface area contributed by atoms with E-state index in [0.717, 1.165) is 18.5 Å². The van der Waals surface area contributed by atoms with Gasteiger partial charge >= 0.3 is 0 Å². The Kier molecular flexibility index (Phi) is 6.70. The molecule has 4 heteroatoms. The summed E-state index contributed by atoms with van der Waals surface area (Å²) >= 11 is 3.16. The van der Waals surface area contributed by atoms with Crippen LogP contribution in [0.3, 0.4) is 0 Å². The van der Waals surface area contributed by atoms with E-state index in [2.05, 4.69) is 28.2 Å². The molecule has 1 aromatic carbocycles. The lowest BCUT2D eigenvalue weighted by Gasteiger charge is -2.19. The van der Waals surface area contributed by atoms with E-state index in [-0.39, 0.29) is 11.9 Å². The molecule has 0 heterocycles. The van der Waals surface area contributed by atoms with Gasteiger partial charge in [-0.1, -0.05) is 13.0 Å². The highest BCUT2D eigenvalue weighted by Crippen LogP contribution is 2.21. The van der Waals surface area contributed by atoms with Crippen LogP contribution in [0.25, 0.3) is 0 Å². The monoisotopic (exact) mass is 303 g/mol. The van der Waals surface area contributed by atoms with Crippen molar-refractivity contribution in [1.82, 2.24) is 5.32 Å². The molecule has 1 rings (SSSR count). The number of hydrogen-bond donors (Lipinski definition) is 1. The second kappa shape index (κ2) is 7.80. The minimum atomic E-state index is -0.234. The van der Waals surface area contributed by atoms with Gasteiger partial charge in [0.2, 0.25) is 0 Å². The first-order chi connectivity index (χ1) is 8.19. The van der Waals surface area contributed by atoms with Crippen molar-refractivity contribution >= 4 is 15.9 Å². The molecule has 1 atom stereocenters. The molecule has 0 fully saturated rings. The molecule has 1 unspecified atom stereocenters. The van der Waals surface area contributed by atoms with Crippen LogP contribution in [-0.4, -0.2) is 19.8 Å². The summed E-state index contributed by atoms with van der Waals surface area (Å²) in [5.41, 5.74) is 0.924. The van der Waals surface area contributed by atoms with Crippen molar-refractivity contribution < 1.29 is 9.13 Å². The SMILES string of the molecule is CCCNC(COCC)c1ccc(Br)c(F)c1. The van der Waals surface area contributed by atoms with Crippen LogP contribution < -0.4 is 5.32 Å². The van der Waals surface area contributed by atoms with Gasteiger partial charge in [0.05, 0.1) is 17.1 Å². The lowest BCUT2D eigenvalue weighted by molar-refractivity contribution is 0.123. The molecule has 2 nitrogen and oxygen atoms in total. The van der Waals surface area contributed by atoms with Crippen LogP contribution in [0, 0.1) is 5.82 Å². The predicted molar refractivity (Wildman–Crippen MR) is 71.6 cm³/mol. The van der Waals surface area contributed by atoms with E-state index in [1.807, 2.05) is 13.0 Å². The molecule has 1 aromatic rings. The standard InChI is InChI=1S/C13H19BrFNO/c1-3-7-16-13(9-17-4-2)10-5-6-11(14)12(15)8-10/h5-6,8,13,16H,3-4,7,9H2,1-2H3. The highest BCUT2D eigenvalue weighted by molar-refractivity contribution is 9.10. The van der Waals surface area contributed by atoms with E-state index < -0.39 is 0 Å². The van der Waals surface area contributed by atoms with Crippen molar-refractivity contribution in [3.63, 3.8) is 0 Å². The first kappa shape index (κ1) is 14.6. The van der Waals surface area contributed by atoms with Gasteiger partial charge in [0.15, 0.2) is 0 Å². The summed E-state index contributed by atoms with van der Waals surface area (Å²) in [6.45, 7) is 6.20. The molecular weight excluding hydrogens is 285 g/mol. The average Bonchev–Trinajstić information content (AvgIpc) is 2.33. The van der Waals surface area contributed by atoms with Gasteiger partial charge in [-0.3, -0.25) is 0 Å². The minimum absolute atomic E-state index is 0.0532. The maximum Gasteiger partial charge on any atom is 0.137 e. The Morgan fingerprint density at radius 2 is 2.18 bits per heavy atom. The zero-order valence-corrected chi connectivity index (χ0v) is 11.9. The fourth-order valence-corrected chi connectivity index (χ4v) is 1.80. The molecule has 0 aliphatic rings. The van der Waals surface area contributed by atoms with Crippen molar-refractivity contribution in [3.8, 4) is 0 Å². The van der Waals surface area contributed by atoms with Gasteiger partial charge in [-0.05, 0) is 53.5 Å². The lowest BCUT2D eigenvalue weighted by atomic mass is 10.1. The Bertz CT molecular complexity index is 338. The first-order valence-corrected chi connectivity index (χ1v) is 6.74. The molecule has 0 amide bonds. The number of nitrogens with one attached hydrogen (secondary N) is 1. The van der Waals surface area contributed by atoms with E-state index in [4.69, 9.17) is 4.74 Å². The van der Waals surface area contributed by atoms with E-state index >= 15 is 0 Å². The summed E-state index contributed by atoms with van der Waals surface area (Å²) < 4.78 is 19.4. The summed E-state index contributed by atoms with van der Waals surface area (Å²) in [5, 5.41) is 3.36. The smallest absolute Gasteiger partial charge is 0.137 e. The van der Waals surface area contributed by atoms with Crippen molar-refractivity contribution in [2.75, 3.05) is 19.8 Å². The number of ether oxygens (including phenoxy) is 1. The summed E-state index contributed by atoms with van der Waals surface area (Å²) in [6, 6.07) is 5.25. The maximum atomic E-state index is 13.5. The van der Waals surface area contributed by atoms with Gasteiger partial charge in [-0.25, -0.2) is 4.39 Å². The predicted octanol–water partition coefficient (Wildman–Crippen LogP) is 3.67. The number of benzene rings is 1. The van der Waals surface area contributed by atoms with Crippen LogP contribution in [0.1, 0.15) is 31.9 Å². The molecule has 0 radical (unpaired) electrons. The summed E-state index contributed by atoms with van der Waals surface area (Å²) in [7, 11) is 0. The highest BCUT2D eigenvalue weighted by Gasteiger charge is 2.12. The highest BCUT2D eigenvalue weighted by atomic mass is 79.9. The Morgan fingerprint density at radius 1 is 1.41 bits per heavy atom. The lowest BCUT2D eigenvalue weighted by Crippen LogP contribution is -2.26. The molecule has 0 saturated carbocycles. The molecular formula is C13H19BrFNO. The topological polar surface area (TPSA) is 21.3 Å². The van der Waals surface area contributed by atoms with E-state index in [1.165, 1.54) is 0 Å². The molecule has 0 aliphatic heterocycles. The second-order valence-electron chi connectivity index (χ2n) is 3.84. The number of hydrogen-bond acceptors (Lipinski definition) is 2. The van der Waals surface area contributed by atoms with Crippen LogP contribution in [0.4, 0.5) is 4.39 Å². The molecule has 1 N–H and O–H groups in total. The maximum absolute atomic E-state index is 13.5. The average molecular weight is 304 g/mol. The quantitative estimate of drug-likeness (QED) is 0.830. The van der Waals surface area contributed by atoms with Gasteiger partial charge in [0.1, 0.15) is 5.82 Å². The molecule has 0 saturated heterocycles. The van der Waals surface area contributed by atoms with Crippen LogP contribution in [0.15, 0.2) is 22.7 Å². The van der Waals surface area contributed by atoms with Crippen LogP contribution in [0.2, 0.25) is 0 Å². The van der Waals surface area contributed by atoms with Crippen molar-refractivity contribution in [2.24, 2.45) is 0 Å². The Hall–Kier alpha value is -0.450. The van der Waals surface area contributed by atoms with E-state index in [9.17, 15) is 4.39 Å². The molecule has 0 bridgehead atoms. The third-order valence-corrected chi connectivity index (χ3v) is 3.12. The summed E-state index contributed by atoms with van der Waals surface area (Å²) in [6.07, 6.45) is 1.04. The molecule has 0 spiro atoms. The zero-order chi connectivity index (χ0) is 12.7. The van der Waals surface area contributed by atoms with Crippen LogP contribution in [-0.2, 0) is 4.74 Å².